The van der Waals surface area contributed by atoms with Crippen molar-refractivity contribution in [1.29, 1.82) is 0 Å². The molecule has 0 saturated carbocycles. The van der Waals surface area contributed by atoms with Gasteiger partial charge in [0.05, 0.1) is 0 Å². The SMILES string of the molecule is OC(CCC[Si](Cl)(Cl)Cl)(C(F)(F)F)C(F)(F)F. The molecule has 0 spiro atoms. The van der Waals surface area contributed by atoms with Gasteiger partial charge < -0.3 is 5.11 Å². The quantitative estimate of drug-likeness (QED) is 0.459. The highest BCUT2D eigenvalue weighted by Crippen LogP contribution is 2.46. The van der Waals surface area contributed by atoms with Crippen LogP contribution in [-0.2, 0) is 0 Å². The first kappa shape index (κ1) is 17.6. The van der Waals surface area contributed by atoms with Gasteiger partial charge in [-0.2, -0.15) is 26.3 Å². The third kappa shape index (κ3) is 5.02. The largest absolute Gasteiger partial charge is 0.426 e. The van der Waals surface area contributed by atoms with Crippen LogP contribution in [0.15, 0.2) is 0 Å². The minimum absolute atomic E-state index is 0.397. The van der Waals surface area contributed by atoms with Gasteiger partial charge >= 0.3 is 18.4 Å². The highest BCUT2D eigenvalue weighted by molar-refractivity contribution is 7.64. The molecule has 0 aliphatic heterocycles. The summed E-state index contributed by atoms with van der Waals surface area (Å²) in [5.74, 6) is 0. The van der Waals surface area contributed by atoms with Crippen molar-refractivity contribution in [2.75, 3.05) is 0 Å². The summed E-state index contributed by atoms with van der Waals surface area (Å²) in [7, 11) is 0. The summed E-state index contributed by atoms with van der Waals surface area (Å²) in [6, 6.07) is -3.70. The number of aliphatic hydroxyl groups is 1. The maximum atomic E-state index is 12.2. The van der Waals surface area contributed by atoms with Gasteiger partial charge in [-0.1, -0.05) is 0 Å². The Morgan fingerprint density at radius 1 is 0.882 bits per heavy atom. The van der Waals surface area contributed by atoms with Crippen molar-refractivity contribution >= 4 is 39.2 Å². The zero-order valence-electron chi connectivity index (χ0n) is 7.97. The Hall–Kier alpha value is 0.627. The van der Waals surface area contributed by atoms with Gasteiger partial charge in [0.1, 0.15) is 0 Å². The molecular weight excluding hydrogens is 336 g/mol. The van der Waals surface area contributed by atoms with Crippen LogP contribution in [0.2, 0.25) is 6.04 Å². The molecule has 0 atom stereocenters. The van der Waals surface area contributed by atoms with Crippen molar-refractivity contribution in [2.45, 2.75) is 36.8 Å². The molecule has 1 N–H and O–H groups in total. The van der Waals surface area contributed by atoms with Crippen LogP contribution in [0.3, 0.4) is 0 Å². The third-order valence-electron chi connectivity index (χ3n) is 1.94. The van der Waals surface area contributed by atoms with Crippen molar-refractivity contribution in [3.05, 3.63) is 0 Å². The highest BCUT2D eigenvalue weighted by Gasteiger charge is 2.69. The van der Waals surface area contributed by atoms with Gasteiger partial charge in [-0.05, 0) is 18.9 Å². The second-order valence-electron chi connectivity index (χ2n) is 3.32. The lowest BCUT2D eigenvalue weighted by molar-refractivity contribution is -0.369. The first-order chi connectivity index (χ1) is 7.21. The minimum atomic E-state index is -5.82. The van der Waals surface area contributed by atoms with E-state index in [0.717, 1.165) is 0 Å². The van der Waals surface area contributed by atoms with E-state index in [1.54, 1.807) is 0 Å². The Morgan fingerprint density at radius 2 is 1.24 bits per heavy atom. The lowest BCUT2D eigenvalue weighted by atomic mass is 9.97. The zero-order chi connectivity index (χ0) is 14.1. The van der Waals surface area contributed by atoms with E-state index in [1.807, 2.05) is 0 Å². The van der Waals surface area contributed by atoms with Crippen LogP contribution in [0, 0.1) is 0 Å². The Morgan fingerprint density at radius 3 is 1.47 bits per heavy atom. The zero-order valence-corrected chi connectivity index (χ0v) is 11.2. The molecule has 0 aliphatic carbocycles. The van der Waals surface area contributed by atoms with E-state index in [1.165, 1.54) is 0 Å². The number of hydrogen-bond acceptors (Lipinski definition) is 1. The van der Waals surface area contributed by atoms with Crippen LogP contribution in [0.4, 0.5) is 26.3 Å². The molecule has 0 amide bonds. The summed E-state index contributed by atoms with van der Waals surface area (Å²) in [6.07, 6.45) is -13.9. The maximum Gasteiger partial charge on any atom is 0.426 e. The topological polar surface area (TPSA) is 20.2 Å². The van der Waals surface area contributed by atoms with Gasteiger partial charge in [0.25, 0.3) is 5.60 Å². The molecule has 1 nitrogen and oxygen atoms in total. The number of rotatable bonds is 4. The second-order valence-corrected chi connectivity index (χ2v) is 12.6. The molecule has 0 aromatic rings. The fraction of sp³-hybridized carbons (Fsp3) is 1.00. The summed E-state index contributed by atoms with van der Waals surface area (Å²) >= 11 is 15.9. The lowest BCUT2D eigenvalue weighted by Crippen LogP contribution is -2.56. The van der Waals surface area contributed by atoms with Crippen molar-refractivity contribution in [2.24, 2.45) is 0 Å². The first-order valence-electron chi connectivity index (χ1n) is 4.13. The van der Waals surface area contributed by atoms with E-state index in [9.17, 15) is 26.3 Å². The van der Waals surface area contributed by atoms with E-state index < -0.39 is 42.8 Å². The van der Waals surface area contributed by atoms with Gasteiger partial charge in [-0.25, -0.2) is 0 Å². The van der Waals surface area contributed by atoms with Gasteiger partial charge in [0, 0.05) is 0 Å². The Balaban J connectivity index is 4.77. The van der Waals surface area contributed by atoms with E-state index in [4.69, 9.17) is 38.3 Å². The third-order valence-corrected chi connectivity index (χ3v) is 4.56. The molecule has 0 rings (SSSR count). The van der Waals surface area contributed by atoms with Crippen LogP contribution in [0.1, 0.15) is 12.8 Å². The average Bonchev–Trinajstić information content (AvgIpc) is 1.96. The number of hydrogen-bond donors (Lipinski definition) is 1. The molecule has 11 heteroatoms. The summed E-state index contributed by atoms with van der Waals surface area (Å²) in [5.41, 5.74) is -4.76. The van der Waals surface area contributed by atoms with Gasteiger partial charge in [-0.3, -0.25) is 0 Å². The van der Waals surface area contributed by atoms with Crippen LogP contribution >= 0.6 is 33.2 Å². The normalized spacial score (nSPS) is 15.2. The smallest absolute Gasteiger partial charge is 0.374 e. The molecule has 0 bridgehead atoms. The summed E-state index contributed by atoms with van der Waals surface area (Å²) in [6.45, 7) is 0. The maximum absolute atomic E-state index is 12.2. The van der Waals surface area contributed by atoms with E-state index >= 15 is 0 Å². The van der Waals surface area contributed by atoms with Crippen LogP contribution < -0.4 is 0 Å². The monoisotopic (exact) mass is 342 g/mol. The highest BCUT2D eigenvalue weighted by atomic mass is 35.8. The summed E-state index contributed by atoms with van der Waals surface area (Å²) in [5, 5.41) is 8.72. The van der Waals surface area contributed by atoms with Crippen molar-refractivity contribution in [1.82, 2.24) is 0 Å². The van der Waals surface area contributed by atoms with Crippen molar-refractivity contribution < 1.29 is 31.4 Å². The number of halogens is 9. The minimum Gasteiger partial charge on any atom is -0.374 e. The van der Waals surface area contributed by atoms with E-state index in [-0.39, 0.29) is 0 Å². The van der Waals surface area contributed by atoms with Crippen molar-refractivity contribution in [3.63, 3.8) is 0 Å². The molecule has 0 radical (unpaired) electrons. The summed E-state index contributed by atoms with van der Waals surface area (Å²) < 4.78 is 73.0. The average molecular weight is 344 g/mol. The molecule has 0 saturated heterocycles. The fourth-order valence-corrected chi connectivity index (χ4v) is 2.77. The first-order valence-corrected chi connectivity index (χ1v) is 9.37. The summed E-state index contributed by atoms with van der Waals surface area (Å²) in [4.78, 5) is 0. The van der Waals surface area contributed by atoms with Crippen molar-refractivity contribution in [3.8, 4) is 0 Å². The second kappa shape index (κ2) is 5.32. The fourth-order valence-electron chi connectivity index (χ4n) is 0.989. The molecule has 17 heavy (non-hydrogen) atoms. The molecule has 0 heterocycles. The van der Waals surface area contributed by atoms with Crippen LogP contribution in [-0.4, -0.2) is 29.1 Å². The predicted molar refractivity (Wildman–Crippen MR) is 54.4 cm³/mol. The molecule has 0 aliphatic rings. The molecule has 0 fully saturated rings. The van der Waals surface area contributed by atoms with E-state index in [0.29, 0.717) is 0 Å². The molecule has 0 aromatic carbocycles. The molecule has 0 aromatic heterocycles. The lowest BCUT2D eigenvalue weighted by Gasteiger charge is -2.32. The molecule has 0 unspecified atom stereocenters. The van der Waals surface area contributed by atoms with Crippen LogP contribution in [0.25, 0.3) is 0 Å². The van der Waals surface area contributed by atoms with E-state index in [2.05, 4.69) is 0 Å². The van der Waals surface area contributed by atoms with Crippen LogP contribution in [0.5, 0.6) is 0 Å². The Bertz CT molecular complexity index is 246. The van der Waals surface area contributed by atoms with Gasteiger partial charge in [0.2, 0.25) is 0 Å². The number of alkyl halides is 6. The Kier molecular flexibility index (Phi) is 5.52. The molecular formula is C6H7Cl3F6OSi. The van der Waals surface area contributed by atoms with Gasteiger partial charge in [-0.15, -0.1) is 33.2 Å². The van der Waals surface area contributed by atoms with Gasteiger partial charge in [0.15, 0.2) is 0 Å². The Labute approximate surface area is 108 Å². The predicted octanol–water partition coefficient (Wildman–Crippen LogP) is 4.28. The molecule has 104 valence electrons. The standard InChI is InChI=1S/C6H7Cl3F6OSi/c7-17(8,9)3-1-2-4(16,5(10,11)12)6(13,14)15/h16H,1-3H2.